The smallest absolute Gasteiger partial charge is 0.328 e. The highest BCUT2D eigenvalue weighted by molar-refractivity contribution is 9.10. The lowest BCUT2D eigenvalue weighted by atomic mass is 10.00. The van der Waals surface area contributed by atoms with E-state index in [4.69, 9.17) is 5.11 Å². The van der Waals surface area contributed by atoms with Crippen molar-refractivity contribution in [3.8, 4) is 0 Å². The van der Waals surface area contributed by atoms with Gasteiger partial charge in [-0.15, -0.1) is 0 Å². The molecule has 1 aromatic rings. The first kappa shape index (κ1) is 13.0. The van der Waals surface area contributed by atoms with E-state index in [1.165, 1.54) is 6.08 Å². The van der Waals surface area contributed by atoms with E-state index in [9.17, 15) is 4.79 Å². The van der Waals surface area contributed by atoms with Gasteiger partial charge in [-0.1, -0.05) is 41.4 Å². The zero-order chi connectivity index (χ0) is 12.1. The van der Waals surface area contributed by atoms with Crippen LogP contribution in [-0.4, -0.2) is 11.1 Å². The van der Waals surface area contributed by atoms with Gasteiger partial charge in [0.25, 0.3) is 0 Å². The Balaban J connectivity index is 3.16. The number of carbonyl (C=O) groups is 1. The normalized spacial score (nSPS) is 11.6. The van der Waals surface area contributed by atoms with Gasteiger partial charge in [0.15, 0.2) is 0 Å². The first-order valence-corrected chi connectivity index (χ1v) is 6.04. The van der Waals surface area contributed by atoms with Crippen LogP contribution in [0.15, 0.2) is 28.7 Å². The maximum absolute atomic E-state index is 10.7. The summed E-state index contributed by atoms with van der Waals surface area (Å²) < 4.78 is 0.952. The van der Waals surface area contributed by atoms with Gasteiger partial charge in [-0.05, 0) is 36.1 Å². The fraction of sp³-hybridized carbons (Fsp3) is 0.308. The lowest BCUT2D eigenvalue weighted by Crippen LogP contribution is -1.94. The van der Waals surface area contributed by atoms with Crippen LogP contribution in [0.5, 0.6) is 0 Å². The summed E-state index contributed by atoms with van der Waals surface area (Å²) in [4.78, 5) is 10.7. The van der Waals surface area contributed by atoms with Crippen LogP contribution in [0.4, 0.5) is 0 Å². The average Bonchev–Trinajstić information content (AvgIpc) is 2.16. The van der Waals surface area contributed by atoms with E-state index >= 15 is 0 Å². The van der Waals surface area contributed by atoms with E-state index in [0.717, 1.165) is 34.0 Å². The largest absolute Gasteiger partial charge is 0.478 e. The van der Waals surface area contributed by atoms with Crippen molar-refractivity contribution in [1.29, 1.82) is 0 Å². The molecular formula is C13H15BrO2. The molecule has 86 valence electrons. The summed E-state index contributed by atoms with van der Waals surface area (Å²) in [5, 5.41) is 8.83. The maximum atomic E-state index is 10.7. The Morgan fingerprint density at radius 2 is 2.19 bits per heavy atom. The summed E-state index contributed by atoms with van der Waals surface area (Å²) in [6.07, 6.45) is 2.99. The molecule has 0 saturated heterocycles. The van der Waals surface area contributed by atoms with Crippen LogP contribution in [0, 0.1) is 6.92 Å². The minimum atomic E-state index is -0.893. The molecule has 0 bridgehead atoms. The van der Waals surface area contributed by atoms with E-state index in [-0.39, 0.29) is 0 Å². The lowest BCUT2D eigenvalue weighted by molar-refractivity contribution is -0.131. The van der Waals surface area contributed by atoms with Gasteiger partial charge in [0.2, 0.25) is 0 Å². The fourth-order valence-electron chi connectivity index (χ4n) is 1.58. The number of rotatable bonds is 4. The number of carboxylic acid groups (broad SMARTS) is 1. The number of allylic oxidation sites excluding steroid dienone is 1. The van der Waals surface area contributed by atoms with Crippen LogP contribution < -0.4 is 0 Å². The molecule has 0 aliphatic rings. The number of aryl methyl sites for hydroxylation is 1. The molecule has 0 fully saturated rings. The van der Waals surface area contributed by atoms with Crippen molar-refractivity contribution >= 4 is 27.5 Å². The van der Waals surface area contributed by atoms with Gasteiger partial charge in [-0.2, -0.15) is 0 Å². The predicted molar refractivity (Wildman–Crippen MR) is 69.4 cm³/mol. The lowest BCUT2D eigenvalue weighted by Gasteiger charge is -2.09. The number of aliphatic carboxylic acids is 1. The highest BCUT2D eigenvalue weighted by atomic mass is 79.9. The summed E-state index contributed by atoms with van der Waals surface area (Å²) in [7, 11) is 0. The standard InChI is InChI=1S/C13H15BrO2/c1-3-4-10(8-13(15)16)11-6-5-9(2)7-12(11)14/h5-8H,3-4H2,1-2H3,(H,15,16)/b10-8+. The Morgan fingerprint density at radius 3 is 2.69 bits per heavy atom. The van der Waals surface area contributed by atoms with Crippen LogP contribution >= 0.6 is 15.9 Å². The zero-order valence-electron chi connectivity index (χ0n) is 9.46. The van der Waals surface area contributed by atoms with Crippen LogP contribution in [0.1, 0.15) is 30.9 Å². The molecule has 1 aromatic carbocycles. The highest BCUT2D eigenvalue weighted by Crippen LogP contribution is 2.28. The number of hydrogen-bond acceptors (Lipinski definition) is 1. The molecule has 2 nitrogen and oxygen atoms in total. The van der Waals surface area contributed by atoms with Crippen LogP contribution in [0.3, 0.4) is 0 Å². The summed E-state index contributed by atoms with van der Waals surface area (Å²) in [5.74, 6) is -0.893. The predicted octanol–water partition coefficient (Wildman–Crippen LogP) is 4.03. The summed E-state index contributed by atoms with van der Waals surface area (Å²) >= 11 is 3.47. The number of benzene rings is 1. The Morgan fingerprint density at radius 1 is 1.50 bits per heavy atom. The number of hydrogen-bond donors (Lipinski definition) is 1. The second-order valence-electron chi connectivity index (χ2n) is 3.74. The fourth-order valence-corrected chi connectivity index (χ4v) is 2.33. The summed E-state index contributed by atoms with van der Waals surface area (Å²) in [5.41, 5.74) is 2.98. The van der Waals surface area contributed by atoms with Crippen molar-refractivity contribution in [2.75, 3.05) is 0 Å². The van der Waals surface area contributed by atoms with Gasteiger partial charge in [-0.25, -0.2) is 4.79 Å². The van der Waals surface area contributed by atoms with Gasteiger partial charge < -0.3 is 5.11 Å². The maximum Gasteiger partial charge on any atom is 0.328 e. The molecule has 0 radical (unpaired) electrons. The van der Waals surface area contributed by atoms with Gasteiger partial charge >= 0.3 is 5.97 Å². The molecular weight excluding hydrogens is 268 g/mol. The average molecular weight is 283 g/mol. The molecule has 3 heteroatoms. The molecule has 0 aliphatic carbocycles. The van der Waals surface area contributed by atoms with Crippen LogP contribution in [-0.2, 0) is 4.79 Å². The molecule has 16 heavy (non-hydrogen) atoms. The van der Waals surface area contributed by atoms with Crippen molar-refractivity contribution in [2.24, 2.45) is 0 Å². The highest BCUT2D eigenvalue weighted by Gasteiger charge is 2.07. The molecule has 0 amide bonds. The third kappa shape index (κ3) is 3.49. The molecule has 0 spiro atoms. The SMILES string of the molecule is CCC/C(=C\C(=O)O)c1ccc(C)cc1Br. The quantitative estimate of drug-likeness (QED) is 0.847. The summed E-state index contributed by atoms with van der Waals surface area (Å²) in [6, 6.07) is 5.95. The molecule has 0 saturated carbocycles. The first-order valence-electron chi connectivity index (χ1n) is 5.24. The minimum Gasteiger partial charge on any atom is -0.478 e. The van der Waals surface area contributed by atoms with Crippen molar-refractivity contribution in [1.82, 2.24) is 0 Å². The second-order valence-corrected chi connectivity index (χ2v) is 4.60. The third-order valence-electron chi connectivity index (χ3n) is 2.29. The zero-order valence-corrected chi connectivity index (χ0v) is 11.0. The van der Waals surface area contributed by atoms with Crippen molar-refractivity contribution < 1.29 is 9.90 Å². The third-order valence-corrected chi connectivity index (χ3v) is 2.94. The minimum absolute atomic E-state index is 0.772. The molecule has 0 atom stereocenters. The van der Waals surface area contributed by atoms with E-state index < -0.39 is 5.97 Å². The first-order chi connectivity index (χ1) is 7.54. The second kappa shape index (κ2) is 5.85. The molecule has 0 heterocycles. The van der Waals surface area contributed by atoms with Crippen molar-refractivity contribution in [2.45, 2.75) is 26.7 Å². The van der Waals surface area contributed by atoms with Gasteiger partial charge in [-0.3, -0.25) is 0 Å². The van der Waals surface area contributed by atoms with E-state index in [0.29, 0.717) is 0 Å². The molecule has 0 aliphatic heterocycles. The molecule has 0 unspecified atom stereocenters. The monoisotopic (exact) mass is 282 g/mol. The molecule has 0 aromatic heterocycles. The van der Waals surface area contributed by atoms with Crippen LogP contribution in [0.25, 0.3) is 5.57 Å². The van der Waals surface area contributed by atoms with Crippen LogP contribution in [0.2, 0.25) is 0 Å². The number of carboxylic acids is 1. The Labute approximate surface area is 104 Å². The van der Waals surface area contributed by atoms with Gasteiger partial charge in [0, 0.05) is 10.5 Å². The molecule has 1 rings (SSSR count). The van der Waals surface area contributed by atoms with Gasteiger partial charge in [0.1, 0.15) is 0 Å². The summed E-state index contributed by atoms with van der Waals surface area (Å²) in [6.45, 7) is 4.05. The van der Waals surface area contributed by atoms with E-state index in [1.807, 2.05) is 32.0 Å². The number of halogens is 1. The Bertz CT molecular complexity index is 422. The molecule has 1 N–H and O–H groups in total. The van der Waals surface area contributed by atoms with Gasteiger partial charge in [0.05, 0.1) is 0 Å². The van der Waals surface area contributed by atoms with Crippen molar-refractivity contribution in [3.63, 3.8) is 0 Å². The van der Waals surface area contributed by atoms with E-state index in [1.54, 1.807) is 0 Å². The Kier molecular flexibility index (Phi) is 4.74. The Hall–Kier alpha value is -1.09. The topological polar surface area (TPSA) is 37.3 Å². The van der Waals surface area contributed by atoms with Crippen molar-refractivity contribution in [3.05, 3.63) is 39.9 Å². The van der Waals surface area contributed by atoms with E-state index in [2.05, 4.69) is 15.9 Å².